The van der Waals surface area contributed by atoms with Crippen LogP contribution in [-0.4, -0.2) is 28.0 Å². The summed E-state index contributed by atoms with van der Waals surface area (Å²) < 4.78 is 33.3. The van der Waals surface area contributed by atoms with Crippen molar-refractivity contribution in [1.82, 2.24) is 4.98 Å². The van der Waals surface area contributed by atoms with Crippen molar-refractivity contribution in [2.75, 3.05) is 7.11 Å². The molecule has 0 saturated carbocycles. The molecule has 0 unspecified atom stereocenters. The first-order chi connectivity index (χ1) is 14.1. The molecule has 5 nitrogen and oxygen atoms in total. The van der Waals surface area contributed by atoms with E-state index in [1.165, 1.54) is 49.7 Å². The van der Waals surface area contributed by atoms with Crippen molar-refractivity contribution in [3.8, 4) is 0 Å². The van der Waals surface area contributed by atoms with Gasteiger partial charge in [-0.15, -0.1) is 0 Å². The van der Waals surface area contributed by atoms with E-state index < -0.39 is 27.9 Å². The van der Waals surface area contributed by atoms with E-state index in [1.807, 2.05) is 0 Å². The Labute approximate surface area is 182 Å². The number of aliphatic imine (C=N–C) groups is 1. The van der Waals surface area contributed by atoms with Crippen LogP contribution in [0.25, 0.3) is 11.9 Å². The van der Waals surface area contributed by atoms with Gasteiger partial charge in [-0.25, -0.2) is 8.78 Å². The Morgan fingerprint density at radius 2 is 2.07 bits per heavy atom. The Morgan fingerprint density at radius 3 is 2.70 bits per heavy atom. The highest BCUT2D eigenvalue weighted by Gasteiger charge is 2.48. The maximum Gasteiger partial charge on any atom is 0.322 e. The molecule has 0 amide bonds. The smallest absolute Gasteiger partial charge is 0.322 e. The van der Waals surface area contributed by atoms with Crippen LogP contribution in [0.5, 0.6) is 0 Å². The van der Waals surface area contributed by atoms with Crippen LogP contribution in [0.3, 0.4) is 0 Å². The molecular weight excluding hydrogens is 432 g/mol. The Hall–Kier alpha value is -2.45. The van der Waals surface area contributed by atoms with E-state index in [4.69, 9.17) is 22.1 Å². The van der Waals surface area contributed by atoms with Crippen molar-refractivity contribution in [2.24, 2.45) is 10.7 Å². The van der Waals surface area contributed by atoms with Crippen LogP contribution in [0.1, 0.15) is 37.1 Å². The molecule has 0 radical (unpaired) electrons. The molecule has 0 fully saturated rings. The molecule has 1 aliphatic heterocycles. The van der Waals surface area contributed by atoms with Crippen molar-refractivity contribution in [1.29, 1.82) is 0 Å². The quantitative estimate of drug-likeness (QED) is 0.666. The molecule has 30 heavy (non-hydrogen) atoms. The highest BCUT2D eigenvalue weighted by atomic mass is 35.5. The minimum atomic E-state index is -1.14. The number of thioether (sulfide) groups is 1. The van der Waals surface area contributed by atoms with E-state index in [9.17, 15) is 13.6 Å². The zero-order valence-corrected chi connectivity index (χ0v) is 18.2. The molecule has 0 saturated heterocycles. The van der Waals surface area contributed by atoms with Crippen molar-refractivity contribution in [2.45, 2.75) is 30.6 Å². The highest BCUT2D eigenvalue weighted by Crippen LogP contribution is 2.46. The first kappa shape index (κ1) is 22.2. The number of nitrogens with two attached hydrogens (primary N) is 1. The number of pyridine rings is 1. The molecule has 0 aliphatic carbocycles. The number of benzene rings is 1. The minimum absolute atomic E-state index is 0.103. The molecular formula is C21H20ClF2N3O2S. The average Bonchev–Trinajstić information content (AvgIpc) is 2.68. The summed E-state index contributed by atoms with van der Waals surface area (Å²) in [5, 5.41) is 0.538. The van der Waals surface area contributed by atoms with Crippen molar-refractivity contribution in [3.05, 3.63) is 64.2 Å². The third kappa shape index (κ3) is 4.49. The lowest BCUT2D eigenvalue weighted by molar-refractivity contribution is -0.143. The van der Waals surface area contributed by atoms with Crippen molar-refractivity contribution < 1.29 is 18.3 Å². The van der Waals surface area contributed by atoms with Crippen LogP contribution < -0.4 is 5.73 Å². The fourth-order valence-corrected chi connectivity index (χ4v) is 4.84. The summed E-state index contributed by atoms with van der Waals surface area (Å²) in [5.41, 5.74) is 5.54. The Kier molecular flexibility index (Phi) is 6.19. The van der Waals surface area contributed by atoms with Crippen LogP contribution in [-0.2, 0) is 15.1 Å². The maximum atomic E-state index is 14.8. The molecule has 9 heteroatoms. The van der Waals surface area contributed by atoms with Gasteiger partial charge < -0.3 is 10.5 Å². The number of aromatic nitrogens is 1. The molecule has 1 aromatic heterocycles. The van der Waals surface area contributed by atoms with Gasteiger partial charge in [0.25, 0.3) is 0 Å². The number of ether oxygens (including phenoxy) is 1. The van der Waals surface area contributed by atoms with Gasteiger partial charge >= 0.3 is 5.97 Å². The van der Waals surface area contributed by atoms with Gasteiger partial charge in [0, 0.05) is 18.2 Å². The van der Waals surface area contributed by atoms with E-state index in [-0.39, 0.29) is 22.8 Å². The number of hydrogen-bond acceptors (Lipinski definition) is 6. The van der Waals surface area contributed by atoms with Crippen molar-refractivity contribution in [3.63, 3.8) is 0 Å². The molecule has 158 valence electrons. The molecule has 0 bridgehead atoms. The number of nitrogens with zero attached hydrogens (tertiary/aromatic N) is 2. The largest absolute Gasteiger partial charge is 0.468 e. The normalized spacial score (nSPS) is 24.3. The number of halogens is 3. The fourth-order valence-electron chi connectivity index (χ4n) is 3.50. The standard InChI is InChI=1S/C21H20ClF2N3O2S/c1-20(11-21(2,18(28)29-3)30-19(25)27-20)14-8-12(4-6-15(14)23)9-16(24)17-7-5-13(22)10-26-17/h4-10H,11H2,1-3H3,(H2,25,27)/b16-9-/t20-,21-/m0/s1. The lowest BCUT2D eigenvalue weighted by Gasteiger charge is -2.39. The van der Waals surface area contributed by atoms with E-state index in [0.29, 0.717) is 10.6 Å². The Balaban J connectivity index is 2.02. The molecule has 1 aromatic carbocycles. The van der Waals surface area contributed by atoms with Gasteiger partial charge in [-0.05, 0) is 49.8 Å². The summed E-state index contributed by atoms with van der Waals surface area (Å²) in [4.78, 5) is 20.7. The topological polar surface area (TPSA) is 77.6 Å². The van der Waals surface area contributed by atoms with E-state index in [2.05, 4.69) is 9.98 Å². The maximum absolute atomic E-state index is 14.8. The second-order valence-corrected chi connectivity index (χ2v) is 9.28. The zero-order valence-electron chi connectivity index (χ0n) is 16.6. The molecule has 2 aromatic rings. The second kappa shape index (κ2) is 8.35. The van der Waals surface area contributed by atoms with Gasteiger partial charge in [0.05, 0.1) is 23.4 Å². The van der Waals surface area contributed by atoms with Crippen molar-refractivity contribution >= 4 is 46.4 Å². The summed E-state index contributed by atoms with van der Waals surface area (Å²) in [6.45, 7) is 3.36. The summed E-state index contributed by atoms with van der Waals surface area (Å²) in [7, 11) is 1.28. The zero-order chi connectivity index (χ0) is 22.1. The third-order valence-corrected chi connectivity index (χ3v) is 6.11. The number of esters is 1. The van der Waals surface area contributed by atoms with Gasteiger partial charge in [-0.1, -0.05) is 29.4 Å². The number of amidine groups is 1. The lowest BCUT2D eigenvalue weighted by Crippen LogP contribution is -2.46. The molecule has 3 rings (SSSR count). The average molecular weight is 452 g/mol. The summed E-state index contributed by atoms with van der Waals surface area (Å²) in [6.07, 6.45) is 2.74. The second-order valence-electron chi connectivity index (χ2n) is 7.32. The van der Waals surface area contributed by atoms with Crippen LogP contribution in [0, 0.1) is 5.82 Å². The van der Waals surface area contributed by atoms with Crippen LogP contribution >= 0.6 is 23.4 Å². The number of carbonyl (C=O) groups is 1. The van der Waals surface area contributed by atoms with E-state index >= 15 is 0 Å². The third-order valence-electron chi connectivity index (χ3n) is 4.82. The SMILES string of the molecule is COC(=O)[C@]1(C)C[C@@](C)(c2cc(/C=C(\F)c3ccc(Cl)cn3)ccc2F)N=C(N)S1. The molecule has 0 spiro atoms. The Morgan fingerprint density at radius 1 is 1.33 bits per heavy atom. The van der Waals surface area contributed by atoms with E-state index in [1.54, 1.807) is 13.8 Å². The minimum Gasteiger partial charge on any atom is -0.468 e. The number of hydrogen-bond donors (Lipinski definition) is 1. The van der Waals surface area contributed by atoms with Crippen LogP contribution in [0.15, 0.2) is 41.5 Å². The molecule has 2 atom stereocenters. The monoisotopic (exact) mass is 451 g/mol. The number of rotatable bonds is 4. The number of carbonyl (C=O) groups excluding carboxylic acids is 1. The van der Waals surface area contributed by atoms with Gasteiger partial charge in [0.15, 0.2) is 5.17 Å². The van der Waals surface area contributed by atoms with Crippen LogP contribution in [0.4, 0.5) is 8.78 Å². The van der Waals surface area contributed by atoms with Gasteiger partial charge in [-0.2, -0.15) is 0 Å². The summed E-state index contributed by atoms with van der Waals surface area (Å²) in [5.74, 6) is -1.61. The van der Waals surface area contributed by atoms with Gasteiger partial charge in [0.1, 0.15) is 16.4 Å². The first-order valence-corrected chi connectivity index (χ1v) is 10.2. The van der Waals surface area contributed by atoms with Gasteiger partial charge in [-0.3, -0.25) is 14.8 Å². The van der Waals surface area contributed by atoms with Crippen LogP contribution in [0.2, 0.25) is 5.02 Å². The van der Waals surface area contributed by atoms with E-state index in [0.717, 1.165) is 11.8 Å². The molecule has 2 heterocycles. The first-order valence-electron chi connectivity index (χ1n) is 8.98. The summed E-state index contributed by atoms with van der Waals surface area (Å²) in [6, 6.07) is 7.15. The molecule has 1 aliphatic rings. The lowest BCUT2D eigenvalue weighted by atomic mass is 9.82. The number of methoxy groups -OCH3 is 1. The Bertz CT molecular complexity index is 1050. The van der Waals surface area contributed by atoms with Gasteiger partial charge in [0.2, 0.25) is 0 Å². The summed E-state index contributed by atoms with van der Waals surface area (Å²) >= 11 is 6.86. The highest BCUT2D eigenvalue weighted by molar-refractivity contribution is 8.15. The molecule has 2 N–H and O–H groups in total. The fraction of sp³-hybridized carbons (Fsp3) is 0.286. The predicted octanol–water partition coefficient (Wildman–Crippen LogP) is 4.94. The predicted molar refractivity (Wildman–Crippen MR) is 116 cm³/mol.